The second-order valence-electron chi connectivity index (χ2n) is 3.89. The predicted octanol–water partition coefficient (Wildman–Crippen LogP) is 2.11. The van der Waals surface area contributed by atoms with Gasteiger partial charge in [0.05, 0.1) is 0 Å². The molecule has 16 heavy (non-hydrogen) atoms. The van der Waals surface area contributed by atoms with Gasteiger partial charge < -0.3 is 9.88 Å². The highest BCUT2D eigenvalue weighted by Crippen LogP contribution is 2.22. The van der Waals surface area contributed by atoms with Gasteiger partial charge in [0.15, 0.2) is 0 Å². The van der Waals surface area contributed by atoms with Crippen LogP contribution in [0.5, 0.6) is 0 Å². The van der Waals surface area contributed by atoms with Crippen LogP contribution in [0.1, 0.15) is 0 Å². The van der Waals surface area contributed by atoms with Gasteiger partial charge in [-0.15, -0.1) is 0 Å². The highest BCUT2D eigenvalue weighted by atomic mass is 16.1. The van der Waals surface area contributed by atoms with Crippen LogP contribution in [-0.4, -0.2) is 19.1 Å². The lowest BCUT2D eigenvalue weighted by Crippen LogP contribution is -2.08. The molecular formula is C13H14N2O. The van der Waals surface area contributed by atoms with Gasteiger partial charge in [-0.2, -0.15) is 0 Å². The van der Waals surface area contributed by atoms with Gasteiger partial charge in [-0.05, 0) is 29.3 Å². The van der Waals surface area contributed by atoms with E-state index in [4.69, 9.17) is 0 Å². The van der Waals surface area contributed by atoms with Crippen LogP contribution in [0.25, 0.3) is 11.1 Å². The summed E-state index contributed by atoms with van der Waals surface area (Å²) in [6.07, 6.45) is 1.67. The Morgan fingerprint density at radius 1 is 1.06 bits per heavy atom. The molecule has 0 spiro atoms. The lowest BCUT2D eigenvalue weighted by Gasteiger charge is -2.13. The molecule has 0 fully saturated rings. The van der Waals surface area contributed by atoms with Gasteiger partial charge in [-0.3, -0.25) is 4.79 Å². The Morgan fingerprint density at radius 2 is 1.81 bits per heavy atom. The van der Waals surface area contributed by atoms with E-state index in [-0.39, 0.29) is 5.56 Å². The molecule has 2 rings (SSSR count). The van der Waals surface area contributed by atoms with Crippen molar-refractivity contribution in [1.29, 1.82) is 0 Å². The quantitative estimate of drug-likeness (QED) is 0.831. The molecule has 0 aliphatic rings. The molecule has 1 heterocycles. The number of anilines is 1. The summed E-state index contributed by atoms with van der Waals surface area (Å²) in [6, 6.07) is 11.6. The molecule has 0 saturated carbocycles. The molecule has 1 aromatic carbocycles. The van der Waals surface area contributed by atoms with Crippen LogP contribution >= 0.6 is 0 Å². The van der Waals surface area contributed by atoms with Crippen molar-refractivity contribution in [3.05, 3.63) is 52.9 Å². The summed E-state index contributed by atoms with van der Waals surface area (Å²) >= 11 is 0. The first kappa shape index (κ1) is 10.5. The van der Waals surface area contributed by atoms with Gasteiger partial charge in [0.2, 0.25) is 5.56 Å². The molecule has 0 bridgehead atoms. The summed E-state index contributed by atoms with van der Waals surface area (Å²) < 4.78 is 0. The van der Waals surface area contributed by atoms with E-state index < -0.39 is 0 Å². The summed E-state index contributed by atoms with van der Waals surface area (Å²) in [4.78, 5) is 15.9. The molecular weight excluding hydrogens is 200 g/mol. The van der Waals surface area contributed by atoms with Gasteiger partial charge in [0.1, 0.15) is 0 Å². The second-order valence-corrected chi connectivity index (χ2v) is 3.89. The SMILES string of the molecule is CN(C)c1cccc(-c2cc[nH]c(=O)c2)c1. The Kier molecular flexibility index (Phi) is 2.77. The molecule has 0 aliphatic heterocycles. The molecule has 0 atom stereocenters. The number of hydrogen-bond donors (Lipinski definition) is 1. The first-order chi connectivity index (χ1) is 7.66. The maximum atomic E-state index is 11.2. The summed E-state index contributed by atoms with van der Waals surface area (Å²) in [6.45, 7) is 0. The lowest BCUT2D eigenvalue weighted by atomic mass is 10.1. The van der Waals surface area contributed by atoms with Gasteiger partial charge in [0, 0.05) is 32.0 Å². The first-order valence-corrected chi connectivity index (χ1v) is 5.13. The van der Waals surface area contributed by atoms with Crippen molar-refractivity contribution in [1.82, 2.24) is 4.98 Å². The van der Waals surface area contributed by atoms with Crippen molar-refractivity contribution >= 4 is 5.69 Å². The maximum Gasteiger partial charge on any atom is 0.248 e. The maximum absolute atomic E-state index is 11.2. The van der Waals surface area contributed by atoms with E-state index in [0.29, 0.717) is 0 Å². The molecule has 1 N–H and O–H groups in total. The lowest BCUT2D eigenvalue weighted by molar-refractivity contribution is 1.13. The van der Waals surface area contributed by atoms with Crippen LogP contribution in [0, 0.1) is 0 Å². The zero-order chi connectivity index (χ0) is 11.5. The van der Waals surface area contributed by atoms with Crippen molar-refractivity contribution in [2.45, 2.75) is 0 Å². The summed E-state index contributed by atoms with van der Waals surface area (Å²) in [5, 5.41) is 0. The number of nitrogens with one attached hydrogen (secondary N) is 1. The third kappa shape index (κ3) is 2.14. The molecule has 3 heteroatoms. The monoisotopic (exact) mass is 214 g/mol. The normalized spacial score (nSPS) is 10.1. The van der Waals surface area contributed by atoms with Crippen LogP contribution < -0.4 is 10.5 Å². The van der Waals surface area contributed by atoms with E-state index in [1.54, 1.807) is 12.3 Å². The van der Waals surface area contributed by atoms with E-state index in [1.807, 2.05) is 43.3 Å². The third-order valence-corrected chi connectivity index (χ3v) is 2.47. The van der Waals surface area contributed by atoms with Crippen molar-refractivity contribution in [3.63, 3.8) is 0 Å². The summed E-state index contributed by atoms with van der Waals surface area (Å²) in [7, 11) is 3.99. The van der Waals surface area contributed by atoms with Gasteiger partial charge in [0.25, 0.3) is 0 Å². The average Bonchev–Trinajstić information content (AvgIpc) is 2.29. The molecule has 82 valence electrons. The molecule has 3 nitrogen and oxygen atoms in total. The molecule has 1 aromatic heterocycles. The summed E-state index contributed by atoms with van der Waals surface area (Å²) in [5.74, 6) is 0. The highest BCUT2D eigenvalue weighted by molar-refractivity contribution is 5.67. The van der Waals surface area contributed by atoms with E-state index in [1.165, 1.54) is 0 Å². The van der Waals surface area contributed by atoms with Gasteiger partial charge >= 0.3 is 0 Å². The Morgan fingerprint density at radius 3 is 2.50 bits per heavy atom. The number of aromatic amines is 1. The zero-order valence-electron chi connectivity index (χ0n) is 9.40. The van der Waals surface area contributed by atoms with Crippen molar-refractivity contribution in [2.24, 2.45) is 0 Å². The van der Waals surface area contributed by atoms with E-state index in [2.05, 4.69) is 11.1 Å². The minimum atomic E-state index is -0.0762. The highest BCUT2D eigenvalue weighted by Gasteiger charge is 2.00. The van der Waals surface area contributed by atoms with Crippen LogP contribution in [0.4, 0.5) is 5.69 Å². The first-order valence-electron chi connectivity index (χ1n) is 5.13. The standard InChI is InChI=1S/C13H14N2O/c1-15(2)12-5-3-4-10(8-12)11-6-7-14-13(16)9-11/h3-9H,1-2H3,(H,14,16). The van der Waals surface area contributed by atoms with Gasteiger partial charge in [-0.25, -0.2) is 0 Å². The topological polar surface area (TPSA) is 36.1 Å². The van der Waals surface area contributed by atoms with Crippen molar-refractivity contribution in [2.75, 3.05) is 19.0 Å². The number of H-pyrrole nitrogens is 1. The smallest absolute Gasteiger partial charge is 0.248 e. The minimum Gasteiger partial charge on any atom is -0.378 e. The number of benzene rings is 1. The third-order valence-electron chi connectivity index (χ3n) is 2.47. The number of rotatable bonds is 2. The predicted molar refractivity (Wildman–Crippen MR) is 66.8 cm³/mol. The van der Waals surface area contributed by atoms with Crippen LogP contribution in [0.2, 0.25) is 0 Å². The average molecular weight is 214 g/mol. The Labute approximate surface area is 94.4 Å². The molecule has 0 radical (unpaired) electrons. The fourth-order valence-corrected chi connectivity index (χ4v) is 1.59. The van der Waals surface area contributed by atoms with Crippen molar-refractivity contribution < 1.29 is 0 Å². The van der Waals surface area contributed by atoms with E-state index >= 15 is 0 Å². The molecule has 0 saturated heterocycles. The number of nitrogens with zero attached hydrogens (tertiary/aromatic N) is 1. The van der Waals surface area contributed by atoms with Crippen molar-refractivity contribution in [3.8, 4) is 11.1 Å². The molecule has 0 unspecified atom stereocenters. The second kappa shape index (κ2) is 4.23. The molecule has 0 amide bonds. The van der Waals surface area contributed by atoms with E-state index in [9.17, 15) is 4.79 Å². The van der Waals surface area contributed by atoms with Gasteiger partial charge in [-0.1, -0.05) is 12.1 Å². The zero-order valence-corrected chi connectivity index (χ0v) is 9.40. The van der Waals surface area contributed by atoms with E-state index in [0.717, 1.165) is 16.8 Å². The summed E-state index contributed by atoms with van der Waals surface area (Å²) in [5.41, 5.74) is 3.04. The number of pyridine rings is 1. The number of hydrogen-bond acceptors (Lipinski definition) is 2. The fourth-order valence-electron chi connectivity index (χ4n) is 1.59. The number of aromatic nitrogens is 1. The minimum absolute atomic E-state index is 0.0762. The van der Waals surface area contributed by atoms with Crippen LogP contribution in [0.15, 0.2) is 47.4 Å². The fraction of sp³-hybridized carbons (Fsp3) is 0.154. The molecule has 0 aliphatic carbocycles. The van der Waals surface area contributed by atoms with Crippen LogP contribution in [-0.2, 0) is 0 Å². The largest absolute Gasteiger partial charge is 0.378 e. The molecule has 2 aromatic rings. The Balaban J connectivity index is 2.48. The Hall–Kier alpha value is -2.03. The Bertz CT molecular complexity index is 543. The van der Waals surface area contributed by atoms with Crippen LogP contribution in [0.3, 0.4) is 0 Å².